The Morgan fingerprint density at radius 1 is 0.900 bits per heavy atom. The van der Waals surface area contributed by atoms with Crippen LogP contribution in [0.5, 0.6) is 5.75 Å². The van der Waals surface area contributed by atoms with Gasteiger partial charge in [-0.2, -0.15) is 0 Å². The van der Waals surface area contributed by atoms with Crippen molar-refractivity contribution >= 4 is 0 Å². The van der Waals surface area contributed by atoms with Gasteiger partial charge in [-0.3, -0.25) is 4.57 Å². The number of nitrogens with zero attached hydrogens (tertiary/aromatic N) is 3. The molecular weight excluding hydrogens is 250 g/mol. The van der Waals surface area contributed by atoms with Crippen molar-refractivity contribution in [2.75, 3.05) is 6.61 Å². The van der Waals surface area contributed by atoms with Gasteiger partial charge in [0.1, 0.15) is 17.9 Å². The van der Waals surface area contributed by atoms with E-state index in [4.69, 9.17) is 4.74 Å². The van der Waals surface area contributed by atoms with Crippen LogP contribution < -0.4 is 4.74 Å². The smallest absolute Gasteiger partial charge is 0.140 e. The fourth-order valence-corrected chi connectivity index (χ4v) is 2.01. The van der Waals surface area contributed by atoms with E-state index in [2.05, 4.69) is 10.2 Å². The van der Waals surface area contributed by atoms with Crippen molar-refractivity contribution in [3.63, 3.8) is 0 Å². The van der Waals surface area contributed by atoms with E-state index in [1.807, 2.05) is 65.2 Å². The van der Waals surface area contributed by atoms with Gasteiger partial charge in [-0.15, -0.1) is 10.2 Å². The Bertz CT molecular complexity index is 650. The van der Waals surface area contributed by atoms with Crippen LogP contribution in [0.1, 0.15) is 5.82 Å². The fraction of sp³-hybridized carbons (Fsp3) is 0.125. The van der Waals surface area contributed by atoms with Crippen molar-refractivity contribution < 1.29 is 4.74 Å². The third-order valence-electron chi connectivity index (χ3n) is 2.99. The highest BCUT2D eigenvalue weighted by molar-refractivity contribution is 5.32. The van der Waals surface area contributed by atoms with E-state index in [1.54, 1.807) is 6.33 Å². The highest BCUT2D eigenvalue weighted by Crippen LogP contribution is 2.11. The molecule has 0 N–H and O–H groups in total. The number of aromatic nitrogens is 3. The summed E-state index contributed by atoms with van der Waals surface area (Å²) in [7, 11) is 0. The van der Waals surface area contributed by atoms with Crippen molar-refractivity contribution in [3.05, 3.63) is 72.8 Å². The van der Waals surface area contributed by atoms with E-state index in [9.17, 15) is 0 Å². The third kappa shape index (κ3) is 2.85. The molecule has 4 heteroatoms. The van der Waals surface area contributed by atoms with Crippen LogP contribution in [0.4, 0.5) is 0 Å². The van der Waals surface area contributed by atoms with Crippen LogP contribution in [0.25, 0.3) is 5.69 Å². The third-order valence-corrected chi connectivity index (χ3v) is 2.99. The van der Waals surface area contributed by atoms with Gasteiger partial charge in [-0.1, -0.05) is 36.4 Å². The average Bonchev–Trinajstić information content (AvgIpc) is 2.98. The largest absolute Gasteiger partial charge is 0.493 e. The fourth-order valence-electron chi connectivity index (χ4n) is 2.01. The minimum absolute atomic E-state index is 0.579. The van der Waals surface area contributed by atoms with Gasteiger partial charge in [0.05, 0.1) is 6.61 Å². The first-order valence-corrected chi connectivity index (χ1v) is 6.55. The Labute approximate surface area is 117 Å². The van der Waals surface area contributed by atoms with E-state index < -0.39 is 0 Å². The molecule has 0 bridgehead atoms. The van der Waals surface area contributed by atoms with Crippen molar-refractivity contribution in [2.45, 2.75) is 6.42 Å². The summed E-state index contributed by atoms with van der Waals surface area (Å²) >= 11 is 0. The second-order valence-electron chi connectivity index (χ2n) is 4.36. The molecule has 20 heavy (non-hydrogen) atoms. The van der Waals surface area contributed by atoms with Gasteiger partial charge in [0, 0.05) is 12.1 Å². The molecule has 3 aromatic rings. The van der Waals surface area contributed by atoms with E-state index >= 15 is 0 Å². The highest BCUT2D eigenvalue weighted by Gasteiger charge is 2.06. The number of hydrogen-bond donors (Lipinski definition) is 0. The standard InChI is InChI=1S/C16H15N3O/c1-3-7-14(8-4-1)19-13-17-18-16(19)11-12-20-15-9-5-2-6-10-15/h1-10,13H,11-12H2. The van der Waals surface area contributed by atoms with E-state index in [1.165, 1.54) is 0 Å². The first kappa shape index (κ1) is 12.4. The first-order valence-electron chi connectivity index (χ1n) is 6.55. The molecule has 0 aliphatic heterocycles. The maximum Gasteiger partial charge on any atom is 0.140 e. The van der Waals surface area contributed by atoms with Crippen molar-refractivity contribution in [3.8, 4) is 11.4 Å². The number of benzene rings is 2. The van der Waals surface area contributed by atoms with Gasteiger partial charge in [-0.05, 0) is 24.3 Å². The van der Waals surface area contributed by atoms with Crippen LogP contribution in [0.15, 0.2) is 67.0 Å². The van der Waals surface area contributed by atoms with Crippen molar-refractivity contribution in [1.82, 2.24) is 14.8 Å². The Kier molecular flexibility index (Phi) is 3.73. The molecule has 0 aliphatic carbocycles. The zero-order valence-electron chi connectivity index (χ0n) is 11.0. The lowest BCUT2D eigenvalue weighted by molar-refractivity contribution is 0.318. The Morgan fingerprint density at radius 2 is 1.60 bits per heavy atom. The van der Waals surface area contributed by atoms with Crippen LogP contribution in [0.2, 0.25) is 0 Å². The molecule has 100 valence electrons. The van der Waals surface area contributed by atoms with Gasteiger partial charge in [0.25, 0.3) is 0 Å². The molecule has 1 aromatic heterocycles. The zero-order valence-corrected chi connectivity index (χ0v) is 11.0. The lowest BCUT2D eigenvalue weighted by Gasteiger charge is -2.07. The predicted octanol–water partition coefficient (Wildman–Crippen LogP) is 2.89. The van der Waals surface area contributed by atoms with Gasteiger partial charge >= 0.3 is 0 Å². The molecule has 0 fully saturated rings. The normalized spacial score (nSPS) is 10.4. The van der Waals surface area contributed by atoms with Crippen LogP contribution in [-0.2, 0) is 6.42 Å². The van der Waals surface area contributed by atoms with E-state index in [-0.39, 0.29) is 0 Å². The van der Waals surface area contributed by atoms with Crippen LogP contribution in [0.3, 0.4) is 0 Å². The maximum atomic E-state index is 5.69. The summed E-state index contributed by atoms with van der Waals surface area (Å²) in [4.78, 5) is 0. The molecule has 0 atom stereocenters. The molecule has 1 heterocycles. The topological polar surface area (TPSA) is 39.9 Å². The number of para-hydroxylation sites is 2. The molecule has 0 radical (unpaired) electrons. The lowest BCUT2D eigenvalue weighted by atomic mass is 10.3. The molecular formula is C16H15N3O. The summed E-state index contributed by atoms with van der Waals surface area (Å²) in [6, 6.07) is 19.8. The summed E-state index contributed by atoms with van der Waals surface area (Å²) in [6.07, 6.45) is 2.44. The summed E-state index contributed by atoms with van der Waals surface area (Å²) in [6.45, 7) is 0.579. The van der Waals surface area contributed by atoms with Crippen molar-refractivity contribution in [1.29, 1.82) is 0 Å². The summed E-state index contributed by atoms with van der Waals surface area (Å²) in [5.74, 6) is 1.77. The number of ether oxygens (including phenoxy) is 1. The maximum absolute atomic E-state index is 5.69. The Hall–Kier alpha value is -2.62. The van der Waals surface area contributed by atoms with Crippen molar-refractivity contribution in [2.24, 2.45) is 0 Å². The summed E-state index contributed by atoms with van der Waals surface area (Å²) < 4.78 is 7.67. The monoisotopic (exact) mass is 265 g/mol. The molecule has 0 unspecified atom stereocenters. The second-order valence-corrected chi connectivity index (χ2v) is 4.36. The predicted molar refractivity (Wildman–Crippen MR) is 77.0 cm³/mol. The molecule has 4 nitrogen and oxygen atoms in total. The van der Waals surface area contributed by atoms with E-state index in [0.29, 0.717) is 13.0 Å². The van der Waals surface area contributed by atoms with Gasteiger partial charge < -0.3 is 4.74 Å². The number of rotatable bonds is 5. The molecule has 0 spiro atoms. The average molecular weight is 265 g/mol. The van der Waals surface area contributed by atoms with Crippen LogP contribution >= 0.6 is 0 Å². The quantitative estimate of drug-likeness (QED) is 0.712. The van der Waals surface area contributed by atoms with Gasteiger partial charge in [0.15, 0.2) is 0 Å². The SMILES string of the molecule is c1ccc(OCCc2nncn2-c2ccccc2)cc1. The summed E-state index contributed by atoms with van der Waals surface area (Å²) in [5.41, 5.74) is 1.06. The van der Waals surface area contributed by atoms with Crippen LogP contribution in [-0.4, -0.2) is 21.4 Å². The van der Waals surface area contributed by atoms with Crippen LogP contribution in [0, 0.1) is 0 Å². The molecule has 3 rings (SSSR count). The van der Waals surface area contributed by atoms with Gasteiger partial charge in [0.2, 0.25) is 0 Å². The minimum Gasteiger partial charge on any atom is -0.493 e. The second kappa shape index (κ2) is 6.02. The summed E-state index contributed by atoms with van der Waals surface area (Å²) in [5, 5.41) is 8.14. The lowest BCUT2D eigenvalue weighted by Crippen LogP contribution is -2.07. The molecule has 0 amide bonds. The molecule has 2 aromatic carbocycles. The van der Waals surface area contributed by atoms with Gasteiger partial charge in [-0.25, -0.2) is 0 Å². The Morgan fingerprint density at radius 3 is 2.35 bits per heavy atom. The highest BCUT2D eigenvalue weighted by atomic mass is 16.5. The molecule has 0 saturated carbocycles. The molecule has 0 saturated heterocycles. The number of hydrogen-bond acceptors (Lipinski definition) is 3. The molecule has 0 aliphatic rings. The zero-order chi connectivity index (χ0) is 13.6. The first-order chi connectivity index (χ1) is 9.93. The minimum atomic E-state index is 0.579. The Balaban J connectivity index is 1.66. The van der Waals surface area contributed by atoms with E-state index in [0.717, 1.165) is 17.3 Å².